The SMILES string of the molecule is C=C(C)C(C)(C)c1ccccc1C(C)(C)OC(=O)C(C)(C)C(=O)CCC. The van der Waals surface area contributed by atoms with Crippen molar-refractivity contribution in [1.82, 2.24) is 0 Å². The van der Waals surface area contributed by atoms with Gasteiger partial charge in [-0.2, -0.15) is 0 Å². The summed E-state index contributed by atoms with van der Waals surface area (Å²) in [7, 11) is 0. The molecule has 0 atom stereocenters. The molecule has 0 aromatic heterocycles. The van der Waals surface area contributed by atoms with Crippen LogP contribution in [-0.2, 0) is 25.3 Å². The standard InChI is InChI=1S/C23H34O3/c1-10-13-19(24)22(6,7)20(25)26-23(8,9)18-15-12-11-14-17(18)21(4,5)16(2)3/h11-12,14-15H,2,10,13H2,1,3-9H3. The topological polar surface area (TPSA) is 43.4 Å². The van der Waals surface area contributed by atoms with Crippen molar-refractivity contribution in [2.75, 3.05) is 0 Å². The van der Waals surface area contributed by atoms with Gasteiger partial charge >= 0.3 is 5.97 Å². The molecule has 0 amide bonds. The molecular formula is C23H34O3. The van der Waals surface area contributed by atoms with Crippen molar-refractivity contribution < 1.29 is 14.3 Å². The highest BCUT2D eigenvalue weighted by Gasteiger charge is 2.41. The van der Waals surface area contributed by atoms with Crippen LogP contribution in [0.15, 0.2) is 36.4 Å². The molecule has 1 rings (SSSR count). The van der Waals surface area contributed by atoms with E-state index in [1.807, 2.05) is 52.0 Å². The number of ketones is 1. The molecule has 0 unspecified atom stereocenters. The highest BCUT2D eigenvalue weighted by Crippen LogP contribution is 2.39. The van der Waals surface area contributed by atoms with Crippen LogP contribution in [0, 0.1) is 5.41 Å². The number of carbonyl (C=O) groups excluding carboxylic acids is 2. The number of hydrogen-bond donors (Lipinski definition) is 0. The number of allylic oxidation sites excluding steroid dienone is 1. The maximum absolute atomic E-state index is 12.8. The first-order chi connectivity index (χ1) is 11.8. The molecular weight excluding hydrogens is 324 g/mol. The smallest absolute Gasteiger partial charge is 0.319 e. The van der Waals surface area contributed by atoms with Crippen molar-refractivity contribution in [2.45, 2.75) is 79.2 Å². The van der Waals surface area contributed by atoms with E-state index in [-0.39, 0.29) is 11.2 Å². The van der Waals surface area contributed by atoms with Gasteiger partial charge < -0.3 is 4.74 Å². The summed E-state index contributed by atoms with van der Waals surface area (Å²) in [5.41, 5.74) is 0.776. The minimum Gasteiger partial charge on any atom is -0.454 e. The fourth-order valence-electron chi connectivity index (χ4n) is 2.85. The lowest BCUT2D eigenvalue weighted by Crippen LogP contribution is -2.40. The number of ether oxygens (including phenoxy) is 1. The Kier molecular flexibility index (Phi) is 6.62. The molecule has 0 saturated carbocycles. The molecule has 0 bridgehead atoms. The van der Waals surface area contributed by atoms with Gasteiger partial charge in [0, 0.05) is 11.8 Å². The van der Waals surface area contributed by atoms with Gasteiger partial charge in [-0.25, -0.2) is 0 Å². The van der Waals surface area contributed by atoms with Crippen LogP contribution in [0.5, 0.6) is 0 Å². The number of esters is 1. The zero-order valence-corrected chi connectivity index (χ0v) is 17.7. The number of benzene rings is 1. The number of Topliss-reactive ketones (excluding diaryl/α,β-unsaturated/α-hetero) is 1. The van der Waals surface area contributed by atoms with E-state index < -0.39 is 17.0 Å². The molecule has 1 aromatic rings. The van der Waals surface area contributed by atoms with Gasteiger partial charge in [0.2, 0.25) is 0 Å². The van der Waals surface area contributed by atoms with Gasteiger partial charge in [-0.3, -0.25) is 9.59 Å². The van der Waals surface area contributed by atoms with E-state index >= 15 is 0 Å². The second-order valence-corrected chi connectivity index (χ2v) is 8.65. The van der Waals surface area contributed by atoms with E-state index in [1.165, 1.54) is 0 Å². The van der Waals surface area contributed by atoms with Crippen molar-refractivity contribution in [3.8, 4) is 0 Å². The molecule has 26 heavy (non-hydrogen) atoms. The van der Waals surface area contributed by atoms with Crippen LogP contribution < -0.4 is 0 Å². The summed E-state index contributed by atoms with van der Waals surface area (Å²) in [6, 6.07) is 7.95. The van der Waals surface area contributed by atoms with Crippen molar-refractivity contribution in [3.05, 3.63) is 47.5 Å². The third-order valence-corrected chi connectivity index (χ3v) is 5.35. The Morgan fingerprint density at radius 1 is 1.00 bits per heavy atom. The van der Waals surface area contributed by atoms with Gasteiger partial charge in [0.25, 0.3) is 0 Å². The first-order valence-electron chi connectivity index (χ1n) is 9.31. The quantitative estimate of drug-likeness (QED) is 0.339. The van der Waals surface area contributed by atoms with Crippen LogP contribution in [0.4, 0.5) is 0 Å². The Morgan fingerprint density at radius 3 is 1.96 bits per heavy atom. The van der Waals surface area contributed by atoms with Crippen molar-refractivity contribution in [3.63, 3.8) is 0 Å². The maximum atomic E-state index is 12.8. The Hall–Kier alpha value is -1.90. The Labute approximate surface area is 158 Å². The van der Waals surface area contributed by atoms with Crippen LogP contribution >= 0.6 is 0 Å². The molecule has 3 heteroatoms. The molecule has 0 N–H and O–H groups in total. The molecule has 0 aliphatic heterocycles. The summed E-state index contributed by atoms with van der Waals surface area (Å²) in [5.74, 6) is -0.569. The zero-order valence-electron chi connectivity index (χ0n) is 17.7. The van der Waals surface area contributed by atoms with Crippen LogP contribution in [0.25, 0.3) is 0 Å². The van der Waals surface area contributed by atoms with Gasteiger partial charge in [-0.05, 0) is 52.2 Å². The molecule has 0 saturated heterocycles. The van der Waals surface area contributed by atoms with E-state index in [1.54, 1.807) is 13.8 Å². The minimum atomic E-state index is -1.15. The number of hydrogen-bond acceptors (Lipinski definition) is 3. The third-order valence-electron chi connectivity index (χ3n) is 5.35. The molecule has 0 aliphatic rings. The monoisotopic (exact) mass is 358 g/mol. The number of carbonyl (C=O) groups is 2. The third kappa shape index (κ3) is 4.44. The van der Waals surface area contributed by atoms with E-state index in [0.717, 1.165) is 16.7 Å². The van der Waals surface area contributed by atoms with E-state index in [2.05, 4.69) is 20.4 Å². The summed E-state index contributed by atoms with van der Waals surface area (Å²) < 4.78 is 5.88. The summed E-state index contributed by atoms with van der Waals surface area (Å²) in [4.78, 5) is 25.1. The van der Waals surface area contributed by atoms with Crippen LogP contribution in [0.2, 0.25) is 0 Å². The Morgan fingerprint density at radius 2 is 1.50 bits per heavy atom. The van der Waals surface area contributed by atoms with E-state index in [0.29, 0.717) is 12.8 Å². The van der Waals surface area contributed by atoms with Crippen LogP contribution in [-0.4, -0.2) is 11.8 Å². The predicted octanol–water partition coefficient (Wildman–Crippen LogP) is 5.71. The van der Waals surface area contributed by atoms with E-state index in [4.69, 9.17) is 4.74 Å². The lowest BCUT2D eigenvalue weighted by Gasteiger charge is -2.36. The second-order valence-electron chi connectivity index (χ2n) is 8.65. The van der Waals surface area contributed by atoms with Gasteiger partial charge in [-0.1, -0.05) is 57.2 Å². The molecule has 1 aromatic carbocycles. The molecule has 0 aliphatic carbocycles. The summed E-state index contributed by atoms with van der Waals surface area (Å²) in [6.45, 7) is 19.3. The van der Waals surface area contributed by atoms with Crippen molar-refractivity contribution in [2.24, 2.45) is 5.41 Å². The fraction of sp³-hybridized carbons (Fsp3) is 0.565. The van der Waals surface area contributed by atoms with Crippen molar-refractivity contribution >= 4 is 11.8 Å². The van der Waals surface area contributed by atoms with Crippen LogP contribution in [0.3, 0.4) is 0 Å². The summed E-state index contributed by atoms with van der Waals surface area (Å²) in [5, 5.41) is 0. The minimum absolute atomic E-state index is 0.0867. The molecule has 3 nitrogen and oxygen atoms in total. The van der Waals surface area contributed by atoms with E-state index in [9.17, 15) is 9.59 Å². The lowest BCUT2D eigenvalue weighted by molar-refractivity contribution is -0.170. The molecule has 0 spiro atoms. The Bertz CT molecular complexity index is 693. The number of rotatable bonds is 8. The summed E-state index contributed by atoms with van der Waals surface area (Å²) in [6.07, 6.45) is 1.09. The first-order valence-corrected chi connectivity index (χ1v) is 9.31. The van der Waals surface area contributed by atoms with Gasteiger partial charge in [0.15, 0.2) is 0 Å². The normalized spacial score (nSPS) is 12.6. The van der Waals surface area contributed by atoms with Gasteiger partial charge in [0.05, 0.1) is 0 Å². The summed E-state index contributed by atoms with van der Waals surface area (Å²) >= 11 is 0. The highest BCUT2D eigenvalue weighted by molar-refractivity contribution is 6.03. The average molecular weight is 359 g/mol. The molecule has 0 heterocycles. The van der Waals surface area contributed by atoms with Crippen molar-refractivity contribution in [1.29, 1.82) is 0 Å². The highest BCUT2D eigenvalue weighted by atomic mass is 16.6. The molecule has 0 fully saturated rings. The molecule has 0 radical (unpaired) electrons. The fourth-order valence-corrected chi connectivity index (χ4v) is 2.85. The molecule has 144 valence electrons. The predicted molar refractivity (Wildman–Crippen MR) is 107 cm³/mol. The first kappa shape index (κ1) is 22.1. The van der Waals surface area contributed by atoms with Gasteiger partial charge in [-0.15, -0.1) is 0 Å². The maximum Gasteiger partial charge on any atom is 0.319 e. The van der Waals surface area contributed by atoms with Crippen LogP contribution in [0.1, 0.15) is 79.4 Å². The average Bonchev–Trinajstić information content (AvgIpc) is 2.54. The van der Waals surface area contributed by atoms with Gasteiger partial charge in [0.1, 0.15) is 16.8 Å². The zero-order chi connectivity index (χ0) is 20.3. The lowest BCUT2D eigenvalue weighted by atomic mass is 9.74. The Balaban J connectivity index is 3.26. The second kappa shape index (κ2) is 7.77. The largest absolute Gasteiger partial charge is 0.454 e.